The van der Waals surface area contributed by atoms with Crippen molar-refractivity contribution in [1.29, 1.82) is 0 Å². The van der Waals surface area contributed by atoms with Gasteiger partial charge in [0.25, 0.3) is 0 Å². The first-order valence-corrected chi connectivity index (χ1v) is 6.79. The van der Waals surface area contributed by atoms with Crippen LogP contribution < -0.4 is 10.1 Å². The zero-order valence-corrected chi connectivity index (χ0v) is 11.3. The van der Waals surface area contributed by atoms with Crippen LogP contribution in [0.25, 0.3) is 0 Å². The maximum absolute atomic E-state index is 8.79. The third-order valence-electron chi connectivity index (χ3n) is 3.45. The fraction of sp³-hybridized carbons (Fsp3) is 0.600. The lowest BCUT2D eigenvalue weighted by molar-refractivity contribution is 0.218. The maximum Gasteiger partial charge on any atom is 0.123 e. The number of fused-ring (bicyclic) bond motifs is 1. The van der Waals surface area contributed by atoms with Gasteiger partial charge in [0.05, 0.1) is 0 Å². The monoisotopic (exact) mass is 249 g/mol. The molecule has 1 aliphatic rings. The Hall–Kier alpha value is -1.06. The van der Waals surface area contributed by atoms with Crippen LogP contribution in [0.1, 0.15) is 30.9 Å². The van der Waals surface area contributed by atoms with E-state index in [2.05, 4.69) is 37.4 Å². The van der Waals surface area contributed by atoms with Crippen molar-refractivity contribution >= 4 is 0 Å². The quantitative estimate of drug-likeness (QED) is 0.811. The SMILES string of the molecule is Cc1ccc2c(c1)CC(CNC(C)CCCO)O2. The number of ether oxygens (including phenoxy) is 1. The number of rotatable bonds is 6. The molecular weight excluding hydrogens is 226 g/mol. The molecule has 2 N–H and O–H groups in total. The molecule has 100 valence electrons. The van der Waals surface area contributed by atoms with Crippen molar-refractivity contribution in [2.45, 2.75) is 45.3 Å². The van der Waals surface area contributed by atoms with E-state index in [1.54, 1.807) is 0 Å². The molecule has 0 spiro atoms. The molecule has 0 saturated heterocycles. The standard InChI is InChI=1S/C15H23NO2/c1-11-5-6-15-13(8-11)9-14(18-15)10-16-12(2)4-3-7-17/h5-6,8,12,14,16-17H,3-4,7,9-10H2,1-2H3. The minimum atomic E-state index is 0.248. The van der Waals surface area contributed by atoms with Crippen LogP contribution in [-0.4, -0.2) is 30.4 Å². The molecule has 2 atom stereocenters. The van der Waals surface area contributed by atoms with Gasteiger partial charge in [-0.25, -0.2) is 0 Å². The first kappa shape index (κ1) is 13.4. The van der Waals surface area contributed by atoms with E-state index in [9.17, 15) is 0 Å². The number of aryl methyl sites for hydroxylation is 1. The summed E-state index contributed by atoms with van der Waals surface area (Å²) in [7, 11) is 0. The summed E-state index contributed by atoms with van der Waals surface area (Å²) >= 11 is 0. The average Bonchev–Trinajstić information content (AvgIpc) is 2.75. The van der Waals surface area contributed by atoms with Gasteiger partial charge in [-0.3, -0.25) is 0 Å². The highest BCUT2D eigenvalue weighted by Gasteiger charge is 2.22. The molecule has 0 radical (unpaired) electrons. The molecule has 1 aromatic carbocycles. The van der Waals surface area contributed by atoms with Gasteiger partial charge in [-0.2, -0.15) is 0 Å². The lowest BCUT2D eigenvalue weighted by atomic mass is 10.1. The maximum atomic E-state index is 8.79. The first-order chi connectivity index (χ1) is 8.69. The van der Waals surface area contributed by atoms with E-state index in [0.29, 0.717) is 6.04 Å². The molecule has 0 aliphatic carbocycles. The molecule has 1 heterocycles. The number of aliphatic hydroxyl groups is 1. The Morgan fingerprint density at radius 2 is 2.33 bits per heavy atom. The Morgan fingerprint density at radius 1 is 1.50 bits per heavy atom. The summed E-state index contributed by atoms with van der Waals surface area (Å²) in [4.78, 5) is 0. The topological polar surface area (TPSA) is 41.5 Å². The van der Waals surface area contributed by atoms with Crippen LogP contribution in [0, 0.1) is 6.92 Å². The zero-order valence-electron chi connectivity index (χ0n) is 11.3. The summed E-state index contributed by atoms with van der Waals surface area (Å²) in [5.41, 5.74) is 2.62. The highest BCUT2D eigenvalue weighted by molar-refractivity contribution is 5.40. The molecule has 0 bridgehead atoms. The summed E-state index contributed by atoms with van der Waals surface area (Å²) < 4.78 is 5.90. The van der Waals surface area contributed by atoms with Crippen molar-refractivity contribution in [2.75, 3.05) is 13.2 Å². The van der Waals surface area contributed by atoms with Crippen LogP contribution in [0.4, 0.5) is 0 Å². The van der Waals surface area contributed by atoms with E-state index in [-0.39, 0.29) is 12.7 Å². The van der Waals surface area contributed by atoms with Crippen LogP contribution in [0.3, 0.4) is 0 Å². The van der Waals surface area contributed by atoms with Gasteiger partial charge >= 0.3 is 0 Å². The van der Waals surface area contributed by atoms with Crippen LogP contribution in [0.5, 0.6) is 5.75 Å². The van der Waals surface area contributed by atoms with Crippen molar-refractivity contribution in [3.8, 4) is 5.75 Å². The fourth-order valence-electron chi connectivity index (χ4n) is 2.40. The second-order valence-electron chi connectivity index (χ2n) is 5.23. The molecule has 0 aromatic heterocycles. The van der Waals surface area contributed by atoms with Crippen molar-refractivity contribution in [2.24, 2.45) is 0 Å². The van der Waals surface area contributed by atoms with Crippen LogP contribution >= 0.6 is 0 Å². The number of aliphatic hydroxyl groups excluding tert-OH is 1. The Labute approximate surface area is 109 Å². The summed E-state index contributed by atoms with van der Waals surface area (Å²) in [5, 5.41) is 12.3. The van der Waals surface area contributed by atoms with E-state index in [0.717, 1.165) is 31.6 Å². The third kappa shape index (κ3) is 3.47. The molecule has 2 rings (SSSR count). The molecule has 1 aliphatic heterocycles. The van der Waals surface area contributed by atoms with Gasteiger partial charge in [0.2, 0.25) is 0 Å². The Morgan fingerprint density at radius 3 is 3.11 bits per heavy atom. The lowest BCUT2D eigenvalue weighted by Gasteiger charge is -2.16. The first-order valence-electron chi connectivity index (χ1n) is 6.79. The van der Waals surface area contributed by atoms with Gasteiger partial charge in [-0.15, -0.1) is 0 Å². The van der Waals surface area contributed by atoms with Gasteiger partial charge in [-0.05, 0) is 38.3 Å². The van der Waals surface area contributed by atoms with Crippen molar-refractivity contribution in [3.05, 3.63) is 29.3 Å². The number of benzene rings is 1. The Bertz CT molecular complexity index is 392. The Balaban J connectivity index is 1.77. The van der Waals surface area contributed by atoms with Crippen molar-refractivity contribution in [3.63, 3.8) is 0 Å². The van der Waals surface area contributed by atoms with E-state index in [1.807, 2.05) is 0 Å². The summed E-state index contributed by atoms with van der Waals surface area (Å²) in [5.74, 6) is 1.04. The molecular formula is C15H23NO2. The summed E-state index contributed by atoms with van der Waals surface area (Å²) in [6.45, 7) is 5.42. The number of hydrogen-bond acceptors (Lipinski definition) is 3. The predicted molar refractivity (Wildman–Crippen MR) is 73.1 cm³/mol. The predicted octanol–water partition coefficient (Wildman–Crippen LogP) is 2.05. The molecule has 0 fully saturated rings. The van der Waals surface area contributed by atoms with E-state index >= 15 is 0 Å². The van der Waals surface area contributed by atoms with Gasteiger partial charge in [-0.1, -0.05) is 17.7 Å². The average molecular weight is 249 g/mol. The van der Waals surface area contributed by atoms with Crippen LogP contribution in [0.2, 0.25) is 0 Å². The smallest absolute Gasteiger partial charge is 0.123 e. The van der Waals surface area contributed by atoms with Crippen molar-refractivity contribution < 1.29 is 9.84 Å². The van der Waals surface area contributed by atoms with E-state index < -0.39 is 0 Å². The van der Waals surface area contributed by atoms with Crippen LogP contribution in [0.15, 0.2) is 18.2 Å². The highest BCUT2D eigenvalue weighted by atomic mass is 16.5. The molecule has 3 nitrogen and oxygen atoms in total. The zero-order chi connectivity index (χ0) is 13.0. The lowest BCUT2D eigenvalue weighted by Crippen LogP contribution is -2.35. The van der Waals surface area contributed by atoms with Gasteiger partial charge < -0.3 is 15.2 Å². The summed E-state index contributed by atoms with van der Waals surface area (Å²) in [6.07, 6.45) is 3.11. The second-order valence-corrected chi connectivity index (χ2v) is 5.23. The van der Waals surface area contributed by atoms with Gasteiger partial charge in [0.1, 0.15) is 11.9 Å². The van der Waals surface area contributed by atoms with Gasteiger partial charge in [0, 0.05) is 25.6 Å². The minimum Gasteiger partial charge on any atom is -0.488 e. The number of nitrogens with one attached hydrogen (secondary N) is 1. The normalized spacial score (nSPS) is 19.4. The Kier molecular flexibility index (Phi) is 4.61. The van der Waals surface area contributed by atoms with E-state index in [1.165, 1.54) is 11.1 Å². The molecule has 1 aromatic rings. The molecule has 0 amide bonds. The molecule has 18 heavy (non-hydrogen) atoms. The fourth-order valence-corrected chi connectivity index (χ4v) is 2.40. The largest absolute Gasteiger partial charge is 0.488 e. The van der Waals surface area contributed by atoms with Crippen molar-refractivity contribution in [1.82, 2.24) is 5.32 Å². The van der Waals surface area contributed by atoms with E-state index in [4.69, 9.17) is 9.84 Å². The van der Waals surface area contributed by atoms with Gasteiger partial charge in [0.15, 0.2) is 0 Å². The summed E-state index contributed by atoms with van der Waals surface area (Å²) in [6, 6.07) is 6.81. The molecule has 3 heteroatoms. The molecule has 2 unspecified atom stereocenters. The second kappa shape index (κ2) is 6.21. The number of hydrogen-bond donors (Lipinski definition) is 2. The van der Waals surface area contributed by atoms with Crippen LogP contribution in [-0.2, 0) is 6.42 Å². The highest BCUT2D eigenvalue weighted by Crippen LogP contribution is 2.29. The third-order valence-corrected chi connectivity index (χ3v) is 3.45. The minimum absolute atomic E-state index is 0.248. The molecule has 0 saturated carbocycles.